The Morgan fingerprint density at radius 2 is 1.67 bits per heavy atom. The van der Waals surface area contributed by atoms with E-state index in [1.807, 2.05) is 0 Å². The average Bonchev–Trinajstić information content (AvgIpc) is 2.45. The lowest BCUT2D eigenvalue weighted by atomic mass is 9.89. The normalized spacial score (nSPS) is 12.8. The van der Waals surface area contributed by atoms with Crippen LogP contribution >= 0.6 is 0 Å². The molecule has 0 aliphatic rings. The molecule has 1 rings (SSSR count). The van der Waals surface area contributed by atoms with Crippen LogP contribution in [0.4, 0.5) is 0 Å². The number of unbranched alkanes of at least 4 members (excludes halogenated alkanes) is 4. The van der Waals surface area contributed by atoms with Gasteiger partial charge in [0, 0.05) is 6.54 Å². The molecule has 1 heteroatoms. The molecule has 1 atom stereocenters. The first-order valence-electron chi connectivity index (χ1n) is 8.91. The van der Waals surface area contributed by atoms with Gasteiger partial charge in [-0.3, -0.25) is 0 Å². The summed E-state index contributed by atoms with van der Waals surface area (Å²) in [6.45, 7) is 11.3. The van der Waals surface area contributed by atoms with E-state index in [4.69, 9.17) is 0 Å². The highest BCUT2D eigenvalue weighted by molar-refractivity contribution is 5.29. The van der Waals surface area contributed by atoms with Gasteiger partial charge in [-0.1, -0.05) is 77.1 Å². The van der Waals surface area contributed by atoms with Crippen LogP contribution in [0, 0.1) is 12.8 Å². The number of nitrogens with one attached hydrogen (secondary N) is 1. The number of hydrogen-bond acceptors (Lipinski definition) is 1. The van der Waals surface area contributed by atoms with Gasteiger partial charge < -0.3 is 5.32 Å². The van der Waals surface area contributed by atoms with E-state index in [1.54, 1.807) is 5.56 Å². The summed E-state index contributed by atoms with van der Waals surface area (Å²) in [5.74, 6) is 1.40. The highest BCUT2D eigenvalue weighted by atomic mass is 14.9. The zero-order chi connectivity index (χ0) is 15.5. The molecule has 0 aliphatic heterocycles. The van der Waals surface area contributed by atoms with Crippen LogP contribution in [0.25, 0.3) is 0 Å². The van der Waals surface area contributed by atoms with Gasteiger partial charge in [0.05, 0.1) is 0 Å². The molecule has 0 saturated carbocycles. The van der Waals surface area contributed by atoms with Gasteiger partial charge in [-0.15, -0.1) is 0 Å². The van der Waals surface area contributed by atoms with Crippen molar-refractivity contribution in [3.63, 3.8) is 0 Å². The largest absolute Gasteiger partial charge is 0.316 e. The third kappa shape index (κ3) is 7.66. The zero-order valence-corrected chi connectivity index (χ0v) is 14.6. The number of hydrogen-bond donors (Lipinski definition) is 1. The lowest BCUT2D eigenvalue weighted by molar-refractivity contribution is 0.480. The van der Waals surface area contributed by atoms with Crippen molar-refractivity contribution in [2.75, 3.05) is 13.1 Å². The van der Waals surface area contributed by atoms with E-state index in [-0.39, 0.29) is 0 Å². The molecule has 0 bridgehead atoms. The quantitative estimate of drug-likeness (QED) is 0.516. The van der Waals surface area contributed by atoms with Crippen molar-refractivity contribution in [2.24, 2.45) is 5.92 Å². The predicted molar refractivity (Wildman–Crippen MR) is 95.0 cm³/mol. The Hall–Kier alpha value is -0.820. The minimum Gasteiger partial charge on any atom is -0.316 e. The number of aryl methyl sites for hydroxylation is 1. The lowest BCUT2D eigenvalue weighted by Gasteiger charge is -2.21. The summed E-state index contributed by atoms with van der Waals surface area (Å²) in [7, 11) is 0. The Bertz CT molecular complexity index is 370. The molecule has 120 valence electrons. The maximum absolute atomic E-state index is 3.66. The van der Waals surface area contributed by atoms with E-state index < -0.39 is 0 Å². The van der Waals surface area contributed by atoms with E-state index in [0.29, 0.717) is 5.92 Å². The molecule has 0 aliphatic carbocycles. The standard InChI is InChI=1S/C20H35N/c1-5-6-7-8-9-13-19(16-21-15-17(2)3)20-14-11-10-12-18(20)4/h10-12,14,17,19,21H,5-9,13,15-16H2,1-4H3. The Balaban J connectivity index is 2.51. The minimum atomic E-state index is 0.673. The molecule has 0 aromatic heterocycles. The lowest BCUT2D eigenvalue weighted by Crippen LogP contribution is -2.25. The summed E-state index contributed by atoms with van der Waals surface area (Å²) in [5, 5.41) is 3.66. The molecule has 0 saturated heterocycles. The SMILES string of the molecule is CCCCCCCC(CNCC(C)C)c1ccccc1C. The van der Waals surface area contributed by atoms with Crippen LogP contribution in [0.1, 0.15) is 76.3 Å². The second-order valence-electron chi connectivity index (χ2n) is 6.81. The van der Waals surface area contributed by atoms with E-state index in [9.17, 15) is 0 Å². The van der Waals surface area contributed by atoms with Crippen molar-refractivity contribution in [1.82, 2.24) is 5.32 Å². The molecule has 1 aromatic rings. The number of benzene rings is 1. The summed E-state index contributed by atoms with van der Waals surface area (Å²) in [6.07, 6.45) is 8.19. The fourth-order valence-corrected chi connectivity index (χ4v) is 2.95. The van der Waals surface area contributed by atoms with Crippen LogP contribution in [0.5, 0.6) is 0 Å². The van der Waals surface area contributed by atoms with Crippen molar-refractivity contribution < 1.29 is 0 Å². The molecular weight excluding hydrogens is 254 g/mol. The maximum atomic E-state index is 3.66. The van der Waals surface area contributed by atoms with Crippen LogP contribution in [0.2, 0.25) is 0 Å². The molecule has 21 heavy (non-hydrogen) atoms. The maximum Gasteiger partial charge on any atom is 0.00203 e. The van der Waals surface area contributed by atoms with Gasteiger partial charge >= 0.3 is 0 Å². The van der Waals surface area contributed by atoms with Crippen LogP contribution in [0.3, 0.4) is 0 Å². The Morgan fingerprint density at radius 3 is 2.33 bits per heavy atom. The molecule has 0 fully saturated rings. The van der Waals surface area contributed by atoms with Crippen LogP contribution in [-0.4, -0.2) is 13.1 Å². The molecule has 0 radical (unpaired) electrons. The topological polar surface area (TPSA) is 12.0 Å². The Morgan fingerprint density at radius 1 is 0.952 bits per heavy atom. The van der Waals surface area contributed by atoms with Gasteiger partial charge in [-0.25, -0.2) is 0 Å². The van der Waals surface area contributed by atoms with Crippen LogP contribution < -0.4 is 5.32 Å². The summed E-state index contributed by atoms with van der Waals surface area (Å²) in [4.78, 5) is 0. The van der Waals surface area contributed by atoms with Gasteiger partial charge in [0.1, 0.15) is 0 Å². The molecular formula is C20H35N. The molecule has 1 N–H and O–H groups in total. The van der Waals surface area contributed by atoms with Gasteiger partial charge in [-0.05, 0) is 42.9 Å². The molecule has 0 heterocycles. The summed E-state index contributed by atoms with van der Waals surface area (Å²) >= 11 is 0. The smallest absolute Gasteiger partial charge is 0.00203 e. The van der Waals surface area contributed by atoms with Gasteiger partial charge in [-0.2, -0.15) is 0 Å². The van der Waals surface area contributed by atoms with E-state index in [1.165, 1.54) is 44.1 Å². The fraction of sp³-hybridized carbons (Fsp3) is 0.700. The van der Waals surface area contributed by atoms with E-state index in [0.717, 1.165) is 19.0 Å². The molecule has 0 amide bonds. The van der Waals surface area contributed by atoms with Crippen LogP contribution in [-0.2, 0) is 0 Å². The second kappa shape index (κ2) is 10.8. The number of rotatable bonds is 11. The van der Waals surface area contributed by atoms with Gasteiger partial charge in [0.25, 0.3) is 0 Å². The van der Waals surface area contributed by atoms with Crippen molar-refractivity contribution in [2.45, 2.75) is 72.1 Å². The Labute approximate surface area is 132 Å². The minimum absolute atomic E-state index is 0.673. The van der Waals surface area contributed by atoms with Crippen molar-refractivity contribution in [3.05, 3.63) is 35.4 Å². The molecule has 1 aromatic carbocycles. The Kier molecular flexibility index (Phi) is 9.41. The summed E-state index contributed by atoms with van der Waals surface area (Å²) in [5.41, 5.74) is 2.99. The fourth-order valence-electron chi connectivity index (χ4n) is 2.95. The highest BCUT2D eigenvalue weighted by Gasteiger charge is 2.13. The highest BCUT2D eigenvalue weighted by Crippen LogP contribution is 2.25. The predicted octanol–water partition coefficient (Wildman–Crippen LogP) is 5.68. The van der Waals surface area contributed by atoms with Crippen molar-refractivity contribution in [3.8, 4) is 0 Å². The van der Waals surface area contributed by atoms with Gasteiger partial charge in [0.2, 0.25) is 0 Å². The first kappa shape index (κ1) is 18.2. The second-order valence-corrected chi connectivity index (χ2v) is 6.81. The van der Waals surface area contributed by atoms with Crippen molar-refractivity contribution >= 4 is 0 Å². The first-order valence-corrected chi connectivity index (χ1v) is 8.91. The van der Waals surface area contributed by atoms with Gasteiger partial charge in [0.15, 0.2) is 0 Å². The average molecular weight is 290 g/mol. The summed E-state index contributed by atoms with van der Waals surface area (Å²) in [6, 6.07) is 8.92. The zero-order valence-electron chi connectivity index (χ0n) is 14.6. The molecule has 1 unspecified atom stereocenters. The first-order chi connectivity index (χ1) is 10.1. The molecule has 1 nitrogen and oxygen atoms in total. The van der Waals surface area contributed by atoms with E-state index >= 15 is 0 Å². The summed E-state index contributed by atoms with van der Waals surface area (Å²) < 4.78 is 0. The van der Waals surface area contributed by atoms with Crippen LogP contribution in [0.15, 0.2) is 24.3 Å². The monoisotopic (exact) mass is 289 g/mol. The third-order valence-corrected chi connectivity index (χ3v) is 4.23. The third-order valence-electron chi connectivity index (χ3n) is 4.23. The van der Waals surface area contributed by atoms with Crippen molar-refractivity contribution in [1.29, 1.82) is 0 Å². The van der Waals surface area contributed by atoms with E-state index in [2.05, 4.69) is 57.3 Å². The molecule has 0 spiro atoms.